The third-order valence-corrected chi connectivity index (χ3v) is 5.52. The second-order valence-electron chi connectivity index (χ2n) is 7.81. The van der Waals surface area contributed by atoms with Crippen LogP contribution in [-0.4, -0.2) is 60.7 Å². The molecule has 2 aromatic rings. The number of hydrogen-bond acceptors (Lipinski definition) is 5. The Bertz CT molecular complexity index is 1120. The van der Waals surface area contributed by atoms with Crippen molar-refractivity contribution < 1.29 is 23.2 Å². The number of amides is 3. The molecule has 7 nitrogen and oxygen atoms in total. The highest BCUT2D eigenvalue weighted by Crippen LogP contribution is 2.36. The lowest BCUT2D eigenvalue weighted by atomic mass is 10.0. The Morgan fingerprint density at radius 2 is 1.59 bits per heavy atom. The summed E-state index contributed by atoms with van der Waals surface area (Å²) in [5.74, 6) is -3.36. The predicted octanol–water partition coefficient (Wildman–Crippen LogP) is 2.46. The van der Waals surface area contributed by atoms with E-state index >= 15 is 0 Å². The average molecular weight is 440 g/mol. The van der Waals surface area contributed by atoms with E-state index in [-0.39, 0.29) is 22.9 Å². The molecule has 1 N–H and O–H groups in total. The van der Waals surface area contributed by atoms with E-state index in [0.717, 1.165) is 17.0 Å². The number of likely N-dealkylation sites (N-methyl/N-ethyl adjacent to an activating group) is 1. The van der Waals surface area contributed by atoms with Gasteiger partial charge in [-0.25, -0.2) is 13.7 Å². The first-order valence-corrected chi connectivity index (χ1v) is 10.2. The van der Waals surface area contributed by atoms with Gasteiger partial charge in [-0.15, -0.1) is 0 Å². The van der Waals surface area contributed by atoms with E-state index in [1.54, 1.807) is 24.3 Å². The number of imide groups is 1. The van der Waals surface area contributed by atoms with Crippen molar-refractivity contribution in [1.82, 2.24) is 9.80 Å². The summed E-state index contributed by atoms with van der Waals surface area (Å²) in [5.41, 5.74) is 1.06. The minimum Gasteiger partial charge on any atom is -0.364 e. The van der Waals surface area contributed by atoms with Gasteiger partial charge in [-0.05, 0) is 36.9 Å². The number of halogens is 2. The van der Waals surface area contributed by atoms with Crippen LogP contribution in [0.4, 0.5) is 20.2 Å². The minimum atomic E-state index is -0.994. The normalized spacial score (nSPS) is 17.4. The molecule has 0 aliphatic carbocycles. The number of nitrogens with one attached hydrogen (secondary N) is 1. The Morgan fingerprint density at radius 1 is 0.938 bits per heavy atom. The van der Waals surface area contributed by atoms with Gasteiger partial charge in [0.25, 0.3) is 11.8 Å². The zero-order chi connectivity index (χ0) is 23.0. The second kappa shape index (κ2) is 8.51. The molecule has 2 aromatic carbocycles. The molecule has 2 aliphatic heterocycles. The van der Waals surface area contributed by atoms with Crippen LogP contribution in [0.1, 0.15) is 12.5 Å². The van der Waals surface area contributed by atoms with Crippen LogP contribution in [0.5, 0.6) is 0 Å². The Hall–Kier alpha value is -3.59. The van der Waals surface area contributed by atoms with Crippen LogP contribution in [-0.2, 0) is 14.4 Å². The van der Waals surface area contributed by atoms with Gasteiger partial charge < -0.3 is 15.1 Å². The molecule has 1 saturated heterocycles. The fourth-order valence-corrected chi connectivity index (χ4v) is 3.91. The summed E-state index contributed by atoms with van der Waals surface area (Å²) in [5, 5.41) is 2.65. The van der Waals surface area contributed by atoms with Gasteiger partial charge in [0.2, 0.25) is 5.91 Å². The molecule has 2 heterocycles. The van der Waals surface area contributed by atoms with Crippen LogP contribution >= 0.6 is 0 Å². The summed E-state index contributed by atoms with van der Waals surface area (Å²) >= 11 is 0. The molecule has 0 aromatic heterocycles. The maximum atomic E-state index is 14.5. The molecular formula is C23H22F2N4O3. The van der Waals surface area contributed by atoms with Crippen LogP contribution in [0, 0.1) is 11.6 Å². The van der Waals surface area contributed by atoms with Crippen molar-refractivity contribution >= 4 is 34.7 Å². The molecule has 0 atom stereocenters. The van der Waals surface area contributed by atoms with Crippen LogP contribution in [0.25, 0.3) is 5.57 Å². The molecule has 0 saturated carbocycles. The van der Waals surface area contributed by atoms with Crippen LogP contribution in [0.15, 0.2) is 48.2 Å². The number of nitrogens with zero attached hydrogens (tertiary/aromatic N) is 3. The molecule has 4 rings (SSSR count). The van der Waals surface area contributed by atoms with Crippen LogP contribution in [0.2, 0.25) is 0 Å². The number of benzene rings is 2. The van der Waals surface area contributed by atoms with Crippen LogP contribution in [0.3, 0.4) is 0 Å². The SMILES string of the molecule is CC(=O)Nc1ccc(C2=C(N3CCN(C)CC3)C(=O)N(c3ccc(F)cc3F)C2=O)cc1. The van der Waals surface area contributed by atoms with E-state index in [0.29, 0.717) is 43.5 Å². The third kappa shape index (κ3) is 3.99. The Balaban J connectivity index is 1.78. The smallest absolute Gasteiger partial charge is 0.282 e. The van der Waals surface area contributed by atoms with Gasteiger partial charge in [0.15, 0.2) is 0 Å². The summed E-state index contributed by atoms with van der Waals surface area (Å²) in [6.07, 6.45) is 0. The van der Waals surface area contributed by atoms with Crippen molar-refractivity contribution in [3.05, 3.63) is 65.4 Å². The maximum absolute atomic E-state index is 14.5. The van der Waals surface area contributed by atoms with Gasteiger partial charge in [0.05, 0.1) is 11.3 Å². The molecule has 0 bridgehead atoms. The molecule has 9 heteroatoms. The number of piperazine rings is 1. The number of rotatable bonds is 4. The highest BCUT2D eigenvalue weighted by atomic mass is 19.1. The topological polar surface area (TPSA) is 73.0 Å². The van der Waals surface area contributed by atoms with Crippen LogP contribution < -0.4 is 10.2 Å². The van der Waals surface area contributed by atoms with Gasteiger partial charge in [0, 0.05) is 44.9 Å². The first kappa shape index (κ1) is 21.6. The predicted molar refractivity (Wildman–Crippen MR) is 116 cm³/mol. The summed E-state index contributed by atoms with van der Waals surface area (Å²) in [7, 11) is 1.97. The summed E-state index contributed by atoms with van der Waals surface area (Å²) in [6, 6.07) is 9.26. The zero-order valence-electron chi connectivity index (χ0n) is 17.7. The summed E-state index contributed by atoms with van der Waals surface area (Å²) < 4.78 is 27.9. The van der Waals surface area contributed by atoms with Crippen molar-refractivity contribution in [2.24, 2.45) is 0 Å². The monoisotopic (exact) mass is 440 g/mol. The molecule has 166 valence electrons. The van der Waals surface area contributed by atoms with Crippen molar-refractivity contribution in [3.8, 4) is 0 Å². The highest BCUT2D eigenvalue weighted by Gasteiger charge is 2.43. The van der Waals surface area contributed by atoms with E-state index in [4.69, 9.17) is 0 Å². The van der Waals surface area contributed by atoms with Crippen molar-refractivity contribution in [2.75, 3.05) is 43.4 Å². The van der Waals surface area contributed by atoms with Gasteiger partial charge in [0.1, 0.15) is 17.3 Å². The lowest BCUT2D eigenvalue weighted by molar-refractivity contribution is -0.121. The quantitative estimate of drug-likeness (QED) is 0.740. The molecule has 2 aliphatic rings. The van der Waals surface area contributed by atoms with E-state index < -0.39 is 23.4 Å². The van der Waals surface area contributed by atoms with E-state index in [1.165, 1.54) is 6.92 Å². The van der Waals surface area contributed by atoms with E-state index in [1.807, 2.05) is 11.9 Å². The van der Waals surface area contributed by atoms with Gasteiger partial charge in [-0.1, -0.05) is 12.1 Å². The standard InChI is InChI=1S/C23H22F2N4O3/c1-14(30)26-17-6-3-15(4-7-17)20-21(28-11-9-27(2)10-12-28)23(32)29(22(20)31)19-8-5-16(24)13-18(19)25/h3-8,13H,9-12H2,1-2H3,(H,26,30). The largest absolute Gasteiger partial charge is 0.364 e. The molecule has 0 spiro atoms. The molecule has 0 radical (unpaired) electrons. The van der Waals surface area contributed by atoms with Gasteiger partial charge in [-0.2, -0.15) is 0 Å². The first-order valence-electron chi connectivity index (χ1n) is 10.2. The first-order chi connectivity index (χ1) is 15.3. The number of anilines is 2. The van der Waals surface area contributed by atoms with Crippen molar-refractivity contribution in [1.29, 1.82) is 0 Å². The van der Waals surface area contributed by atoms with Gasteiger partial charge in [-0.3, -0.25) is 14.4 Å². The fraction of sp³-hybridized carbons (Fsp3) is 0.261. The van der Waals surface area contributed by atoms with Gasteiger partial charge >= 0.3 is 0 Å². The minimum absolute atomic E-state index is 0.151. The second-order valence-corrected chi connectivity index (χ2v) is 7.81. The average Bonchev–Trinajstić information content (AvgIpc) is 2.99. The Morgan fingerprint density at radius 3 is 2.19 bits per heavy atom. The summed E-state index contributed by atoms with van der Waals surface area (Å²) in [4.78, 5) is 42.8. The number of hydrogen-bond donors (Lipinski definition) is 1. The lowest BCUT2D eigenvalue weighted by Gasteiger charge is -2.34. The maximum Gasteiger partial charge on any atom is 0.282 e. The molecule has 32 heavy (non-hydrogen) atoms. The summed E-state index contributed by atoms with van der Waals surface area (Å²) in [6.45, 7) is 3.83. The highest BCUT2D eigenvalue weighted by molar-refractivity contribution is 6.45. The molecule has 0 unspecified atom stereocenters. The third-order valence-electron chi connectivity index (χ3n) is 5.52. The number of carbonyl (C=O) groups is 3. The molecular weight excluding hydrogens is 418 g/mol. The molecule has 3 amide bonds. The fourth-order valence-electron chi connectivity index (χ4n) is 3.91. The van der Waals surface area contributed by atoms with Crippen molar-refractivity contribution in [2.45, 2.75) is 6.92 Å². The zero-order valence-corrected chi connectivity index (χ0v) is 17.7. The number of carbonyl (C=O) groups excluding carboxylic acids is 3. The Labute approximate surface area is 183 Å². The van der Waals surface area contributed by atoms with E-state index in [9.17, 15) is 23.2 Å². The van der Waals surface area contributed by atoms with Crippen molar-refractivity contribution in [3.63, 3.8) is 0 Å². The lowest BCUT2D eigenvalue weighted by Crippen LogP contribution is -2.46. The van der Waals surface area contributed by atoms with E-state index in [2.05, 4.69) is 10.2 Å². The Kier molecular flexibility index (Phi) is 5.75. The molecule has 1 fully saturated rings.